The van der Waals surface area contributed by atoms with Gasteiger partial charge in [-0.25, -0.2) is 0 Å². The van der Waals surface area contributed by atoms with Crippen LogP contribution >= 0.6 is 0 Å². The van der Waals surface area contributed by atoms with Gasteiger partial charge in [0.25, 0.3) is 23.9 Å². The Morgan fingerprint density at radius 3 is 0.500 bits per heavy atom. The average Bonchev–Trinajstić information content (AvgIpc) is 2.35. The second-order valence-corrected chi connectivity index (χ2v) is 5.51. The summed E-state index contributed by atoms with van der Waals surface area (Å²) in [5.41, 5.74) is 21.2. The van der Waals surface area contributed by atoms with Crippen LogP contribution in [-0.4, -0.2) is 68.5 Å². The van der Waals surface area contributed by atoms with Crippen LogP contribution in [0.5, 0.6) is 0 Å². The average molecular weight is 417 g/mol. The first-order valence-electron chi connectivity index (χ1n) is 8.02. The summed E-state index contributed by atoms with van der Waals surface area (Å²) < 4.78 is 0. The van der Waals surface area contributed by atoms with Gasteiger partial charge in [0.05, 0.1) is 0 Å². The van der Waals surface area contributed by atoms with Gasteiger partial charge in [-0.1, -0.05) is 0 Å². The fraction of sp³-hybridized carbons (Fsp3) is 0.750. The van der Waals surface area contributed by atoms with E-state index in [-0.39, 0.29) is 24.2 Å². The van der Waals surface area contributed by atoms with Gasteiger partial charge >= 0.3 is 0 Å². The molecule has 172 valence electrons. The van der Waals surface area contributed by atoms with Crippen molar-refractivity contribution in [3.05, 3.63) is 0 Å². The molecule has 0 aliphatic heterocycles. The number of hydrogen-bond donors (Lipinski definition) is 8. The fourth-order valence-electron chi connectivity index (χ4n) is 0. The lowest BCUT2D eigenvalue weighted by molar-refractivity contribution is -0.135. The van der Waals surface area contributed by atoms with E-state index in [4.69, 9.17) is 62.5 Å². The highest BCUT2D eigenvalue weighted by atomic mass is 16.4. The van der Waals surface area contributed by atoms with E-state index in [2.05, 4.69) is 0 Å². The molecule has 0 aliphatic carbocycles. The molecule has 0 amide bonds. The summed E-state index contributed by atoms with van der Waals surface area (Å²) in [4.78, 5) is 36.0. The van der Waals surface area contributed by atoms with E-state index in [0.29, 0.717) is 0 Å². The van der Waals surface area contributed by atoms with Gasteiger partial charge in [-0.05, 0) is 27.7 Å². The first-order valence-corrected chi connectivity index (χ1v) is 8.02. The van der Waals surface area contributed by atoms with Crippen LogP contribution in [0.25, 0.3) is 0 Å². The van der Waals surface area contributed by atoms with Crippen LogP contribution in [0.3, 0.4) is 0 Å². The van der Waals surface area contributed by atoms with Crippen LogP contribution in [0, 0.1) is 0 Å². The summed E-state index contributed by atoms with van der Waals surface area (Å²) in [6.07, 6.45) is 0. The van der Waals surface area contributed by atoms with Crippen molar-refractivity contribution in [1.82, 2.24) is 0 Å². The third kappa shape index (κ3) is 374. The highest BCUT2D eigenvalue weighted by molar-refractivity contribution is 5.63. The smallest absolute Gasteiger partial charge is 0.300 e. The summed E-state index contributed by atoms with van der Waals surface area (Å²) in [5.74, 6) is -3.33. The minimum atomic E-state index is -0.833. The molecule has 4 unspecified atom stereocenters. The predicted octanol–water partition coefficient (Wildman–Crippen LogP) is -0.275. The lowest BCUT2D eigenvalue weighted by Gasteiger charge is -2.06. The normalized spacial score (nSPS) is 12.1. The number of rotatable bonds is 2. The molecule has 12 nitrogen and oxygen atoms in total. The van der Waals surface area contributed by atoms with E-state index in [1.165, 1.54) is 0 Å². The molecule has 0 aliphatic rings. The molecule has 28 heavy (non-hydrogen) atoms. The molecular formula is C16H40N4O8. The molecule has 0 aromatic heterocycles. The maximum Gasteiger partial charge on any atom is 0.300 e. The Kier molecular flexibility index (Phi) is 42.6. The van der Waals surface area contributed by atoms with Crippen molar-refractivity contribution in [3.8, 4) is 0 Å². The summed E-state index contributed by atoms with van der Waals surface area (Å²) >= 11 is 0. The molecule has 4 atom stereocenters. The van der Waals surface area contributed by atoms with Gasteiger partial charge in [-0.15, -0.1) is 0 Å². The SMILES string of the molecule is CC(=O)O.CC(=O)O.CC(=O)O.CC(=O)O.CC(N)C(C)N.CC(N)C(C)N. The maximum atomic E-state index is 9.00. The van der Waals surface area contributed by atoms with E-state index in [9.17, 15) is 0 Å². The minimum Gasteiger partial charge on any atom is -0.481 e. The summed E-state index contributed by atoms with van der Waals surface area (Å²) in [7, 11) is 0. The van der Waals surface area contributed by atoms with Crippen molar-refractivity contribution in [2.24, 2.45) is 22.9 Å². The molecule has 12 N–H and O–H groups in total. The van der Waals surface area contributed by atoms with Crippen LogP contribution < -0.4 is 22.9 Å². The van der Waals surface area contributed by atoms with Crippen molar-refractivity contribution in [3.63, 3.8) is 0 Å². The summed E-state index contributed by atoms with van der Waals surface area (Å²) in [5, 5.41) is 29.7. The van der Waals surface area contributed by atoms with Gasteiger partial charge in [0.1, 0.15) is 0 Å². The van der Waals surface area contributed by atoms with Gasteiger partial charge in [-0.2, -0.15) is 0 Å². The molecule has 0 saturated heterocycles. The van der Waals surface area contributed by atoms with Gasteiger partial charge in [0.2, 0.25) is 0 Å². The second-order valence-electron chi connectivity index (χ2n) is 5.51. The van der Waals surface area contributed by atoms with Crippen molar-refractivity contribution in [2.45, 2.75) is 79.6 Å². The minimum absolute atomic E-state index is 0.130. The number of carboxylic acid groups (broad SMARTS) is 4. The van der Waals surface area contributed by atoms with Crippen LogP contribution in [0.4, 0.5) is 0 Å². The third-order valence-electron chi connectivity index (χ3n) is 1.66. The number of nitrogens with two attached hydrogens (primary N) is 4. The number of hydrogen-bond acceptors (Lipinski definition) is 8. The molecule has 0 fully saturated rings. The largest absolute Gasteiger partial charge is 0.481 e. The molecule has 0 saturated carbocycles. The number of carboxylic acids is 4. The van der Waals surface area contributed by atoms with Crippen molar-refractivity contribution in [1.29, 1.82) is 0 Å². The number of aliphatic carboxylic acids is 4. The van der Waals surface area contributed by atoms with E-state index < -0.39 is 23.9 Å². The maximum absolute atomic E-state index is 9.00. The molecule has 0 rings (SSSR count). The fourth-order valence-corrected chi connectivity index (χ4v) is 0. The van der Waals surface area contributed by atoms with Crippen LogP contribution in [0.15, 0.2) is 0 Å². The Hall–Kier alpha value is -2.28. The van der Waals surface area contributed by atoms with Gasteiger partial charge in [0.15, 0.2) is 0 Å². The zero-order valence-electron chi connectivity index (χ0n) is 18.0. The standard InChI is InChI=1S/2C4H12N2.4C2H4O2/c2*1-3(5)4(2)6;4*1-2(3)4/h2*3-4H,5-6H2,1-2H3;4*1H3,(H,3,4). The lowest BCUT2D eigenvalue weighted by atomic mass is 10.2. The van der Waals surface area contributed by atoms with Crippen molar-refractivity contribution >= 4 is 23.9 Å². The highest BCUT2D eigenvalue weighted by Gasteiger charge is 1.96. The predicted molar refractivity (Wildman–Crippen MR) is 108 cm³/mol. The van der Waals surface area contributed by atoms with Gasteiger partial charge in [-0.3, -0.25) is 19.2 Å². The molecular weight excluding hydrogens is 376 g/mol. The second kappa shape index (κ2) is 29.5. The van der Waals surface area contributed by atoms with Gasteiger partial charge in [0, 0.05) is 51.9 Å². The van der Waals surface area contributed by atoms with E-state index in [1.54, 1.807) is 0 Å². The molecule has 0 bridgehead atoms. The Bertz CT molecular complexity index is 299. The Balaban J connectivity index is -0.0000000525. The molecule has 0 spiro atoms. The van der Waals surface area contributed by atoms with E-state index in [1.807, 2.05) is 27.7 Å². The first kappa shape index (κ1) is 40.4. The Labute approximate surface area is 166 Å². The quantitative estimate of drug-likeness (QED) is 0.289. The molecule has 12 heteroatoms. The third-order valence-corrected chi connectivity index (χ3v) is 1.66. The highest BCUT2D eigenvalue weighted by Crippen LogP contribution is 1.78. The monoisotopic (exact) mass is 416 g/mol. The number of carbonyl (C=O) groups is 4. The Morgan fingerprint density at radius 1 is 0.464 bits per heavy atom. The zero-order chi connectivity index (χ0) is 24.6. The topological polar surface area (TPSA) is 253 Å². The van der Waals surface area contributed by atoms with Crippen LogP contribution in [0.2, 0.25) is 0 Å². The van der Waals surface area contributed by atoms with E-state index in [0.717, 1.165) is 27.7 Å². The van der Waals surface area contributed by atoms with Crippen molar-refractivity contribution < 1.29 is 39.6 Å². The summed E-state index contributed by atoms with van der Waals surface area (Å²) in [6.45, 7) is 11.9. The van der Waals surface area contributed by atoms with Crippen molar-refractivity contribution in [2.75, 3.05) is 0 Å². The molecule has 0 aromatic rings. The molecule has 0 aromatic carbocycles. The van der Waals surface area contributed by atoms with Gasteiger partial charge < -0.3 is 43.4 Å². The first-order chi connectivity index (χ1) is 12.2. The van der Waals surface area contributed by atoms with E-state index >= 15 is 0 Å². The lowest BCUT2D eigenvalue weighted by Crippen LogP contribution is -2.35. The zero-order valence-corrected chi connectivity index (χ0v) is 18.0. The molecule has 0 radical (unpaired) electrons. The van der Waals surface area contributed by atoms with Crippen LogP contribution in [0.1, 0.15) is 55.4 Å². The Morgan fingerprint density at radius 2 is 0.500 bits per heavy atom. The summed E-state index contributed by atoms with van der Waals surface area (Å²) in [6, 6.07) is 0.519. The van der Waals surface area contributed by atoms with Crippen LogP contribution in [-0.2, 0) is 19.2 Å². The molecule has 0 heterocycles.